The minimum atomic E-state index is -0.394. The molecule has 2 heteroatoms. The Hall–Kier alpha value is -1.31. The molecule has 1 aliphatic carbocycles. The van der Waals surface area contributed by atoms with Crippen molar-refractivity contribution in [2.45, 2.75) is 65.4 Å². The van der Waals surface area contributed by atoms with E-state index in [1.54, 1.807) is 0 Å². The number of benzene rings is 1. The molecule has 0 amide bonds. The molecule has 0 radical (unpaired) electrons. The van der Waals surface area contributed by atoms with Crippen LogP contribution < -0.4 is 0 Å². The van der Waals surface area contributed by atoms with E-state index in [0.717, 1.165) is 19.3 Å². The Morgan fingerprint density at radius 3 is 2.48 bits per heavy atom. The average Bonchev–Trinajstić information content (AvgIpc) is 2.69. The van der Waals surface area contributed by atoms with Crippen molar-refractivity contribution in [3.63, 3.8) is 0 Å². The fourth-order valence-electron chi connectivity index (χ4n) is 3.59. The second-order valence-electron chi connectivity index (χ2n) is 7.77. The first-order chi connectivity index (χ1) is 9.78. The van der Waals surface area contributed by atoms with Crippen LogP contribution in [0.4, 0.5) is 0 Å². The molecule has 0 saturated heterocycles. The molecule has 1 aromatic carbocycles. The largest absolute Gasteiger partial charge is 0.460 e. The van der Waals surface area contributed by atoms with Gasteiger partial charge in [-0.05, 0) is 56.9 Å². The van der Waals surface area contributed by atoms with Gasteiger partial charge in [0.2, 0.25) is 0 Å². The first-order valence-corrected chi connectivity index (χ1v) is 8.04. The topological polar surface area (TPSA) is 26.3 Å². The average molecular weight is 288 g/mol. The molecule has 1 unspecified atom stereocenters. The van der Waals surface area contributed by atoms with Crippen molar-refractivity contribution in [2.24, 2.45) is 11.3 Å². The monoisotopic (exact) mass is 288 g/mol. The molecule has 0 spiro atoms. The molecule has 1 fully saturated rings. The van der Waals surface area contributed by atoms with E-state index in [-0.39, 0.29) is 11.4 Å². The summed E-state index contributed by atoms with van der Waals surface area (Å²) >= 11 is 0. The molecule has 2 atom stereocenters. The highest BCUT2D eigenvalue weighted by Crippen LogP contribution is 2.47. The van der Waals surface area contributed by atoms with Crippen molar-refractivity contribution in [1.29, 1.82) is 0 Å². The van der Waals surface area contributed by atoms with Gasteiger partial charge in [-0.2, -0.15) is 0 Å². The lowest BCUT2D eigenvalue weighted by atomic mass is 9.76. The zero-order valence-corrected chi connectivity index (χ0v) is 13.8. The zero-order chi connectivity index (χ0) is 15.5. The number of esters is 1. The fourth-order valence-corrected chi connectivity index (χ4v) is 3.59. The van der Waals surface area contributed by atoms with E-state index in [0.29, 0.717) is 12.3 Å². The summed E-state index contributed by atoms with van der Waals surface area (Å²) in [6.07, 6.45) is 5.00. The Balaban J connectivity index is 2.09. The molecule has 2 rings (SSSR count). The van der Waals surface area contributed by atoms with Gasteiger partial charge in [-0.25, -0.2) is 0 Å². The van der Waals surface area contributed by atoms with Crippen molar-refractivity contribution in [1.82, 2.24) is 0 Å². The lowest BCUT2D eigenvalue weighted by Gasteiger charge is -2.30. The van der Waals surface area contributed by atoms with Gasteiger partial charge in [0.05, 0.1) is 6.42 Å². The molecule has 0 N–H and O–H groups in total. The predicted molar refractivity (Wildman–Crippen MR) is 86.1 cm³/mol. The van der Waals surface area contributed by atoms with Gasteiger partial charge in [0, 0.05) is 0 Å². The molecule has 0 heterocycles. The van der Waals surface area contributed by atoms with Gasteiger partial charge in [-0.1, -0.05) is 43.7 Å². The Morgan fingerprint density at radius 1 is 1.29 bits per heavy atom. The molecular weight excluding hydrogens is 260 g/mol. The van der Waals surface area contributed by atoms with Crippen LogP contribution >= 0.6 is 0 Å². The molecule has 0 aliphatic heterocycles. The van der Waals surface area contributed by atoms with Gasteiger partial charge >= 0.3 is 5.97 Å². The van der Waals surface area contributed by atoms with Crippen LogP contribution in [0.25, 0.3) is 0 Å². The first kappa shape index (κ1) is 16.1. The third kappa shape index (κ3) is 4.87. The van der Waals surface area contributed by atoms with Gasteiger partial charge in [-0.3, -0.25) is 4.79 Å². The van der Waals surface area contributed by atoms with Crippen LogP contribution in [0.1, 0.15) is 58.9 Å². The normalized spacial score (nSPS) is 25.8. The number of hydrogen-bond acceptors (Lipinski definition) is 2. The Labute approximate surface area is 128 Å². The molecule has 1 aliphatic rings. The summed E-state index contributed by atoms with van der Waals surface area (Å²) in [4.78, 5) is 12.3. The maximum atomic E-state index is 12.3. The van der Waals surface area contributed by atoms with Gasteiger partial charge in [0.25, 0.3) is 0 Å². The van der Waals surface area contributed by atoms with E-state index in [2.05, 4.69) is 31.2 Å². The second-order valence-corrected chi connectivity index (χ2v) is 7.77. The van der Waals surface area contributed by atoms with Crippen molar-refractivity contribution in [2.75, 3.05) is 0 Å². The minimum Gasteiger partial charge on any atom is -0.460 e. The quantitative estimate of drug-likeness (QED) is 0.746. The van der Waals surface area contributed by atoms with Crippen LogP contribution in [-0.4, -0.2) is 11.6 Å². The van der Waals surface area contributed by atoms with E-state index in [1.165, 1.54) is 12.0 Å². The van der Waals surface area contributed by atoms with Gasteiger partial charge < -0.3 is 4.74 Å². The molecule has 21 heavy (non-hydrogen) atoms. The number of carbonyl (C=O) groups excluding carboxylic acids is 1. The highest BCUT2D eigenvalue weighted by Gasteiger charge is 2.40. The van der Waals surface area contributed by atoms with Crippen molar-refractivity contribution >= 4 is 5.97 Å². The lowest BCUT2D eigenvalue weighted by Crippen LogP contribution is -2.30. The third-order valence-corrected chi connectivity index (χ3v) is 4.31. The fraction of sp³-hybridized carbons (Fsp3) is 0.632. The first-order valence-electron chi connectivity index (χ1n) is 8.04. The maximum absolute atomic E-state index is 12.3. The summed E-state index contributed by atoms with van der Waals surface area (Å²) in [6, 6.07) is 10.5. The molecule has 1 aromatic rings. The molecule has 0 bridgehead atoms. The smallest absolute Gasteiger partial charge is 0.306 e. The Bertz CT molecular complexity index is 472. The van der Waals surface area contributed by atoms with Crippen LogP contribution in [0.2, 0.25) is 0 Å². The number of carbonyl (C=O) groups is 1. The molecule has 2 nitrogen and oxygen atoms in total. The summed E-state index contributed by atoms with van der Waals surface area (Å²) in [7, 11) is 0. The van der Waals surface area contributed by atoms with E-state index in [9.17, 15) is 4.79 Å². The van der Waals surface area contributed by atoms with Crippen LogP contribution in [0, 0.1) is 11.3 Å². The Morgan fingerprint density at radius 2 is 1.95 bits per heavy atom. The summed E-state index contributed by atoms with van der Waals surface area (Å²) in [6.45, 7) is 8.10. The summed E-state index contributed by atoms with van der Waals surface area (Å²) in [5.41, 5.74) is 1.02. The number of rotatable bonds is 4. The van der Waals surface area contributed by atoms with Crippen LogP contribution in [0.3, 0.4) is 0 Å². The highest BCUT2D eigenvalue weighted by atomic mass is 16.6. The predicted octanol–water partition coefficient (Wildman–Crippen LogP) is 4.77. The summed E-state index contributed by atoms with van der Waals surface area (Å²) < 4.78 is 5.56. The van der Waals surface area contributed by atoms with Gasteiger partial charge in [0.1, 0.15) is 5.60 Å². The van der Waals surface area contributed by atoms with Gasteiger partial charge in [-0.15, -0.1) is 0 Å². The van der Waals surface area contributed by atoms with E-state index in [4.69, 9.17) is 4.74 Å². The van der Waals surface area contributed by atoms with Gasteiger partial charge in [0.15, 0.2) is 0 Å². The standard InChI is InChI=1S/C19H28O2/c1-15-10-11-19(12-15,13-16-8-6-5-7-9-16)14-17(20)21-18(2,3)4/h5-9,15H,10-14H2,1-4H3/t15-,19?/m1/s1. The molecule has 116 valence electrons. The van der Waals surface area contributed by atoms with Crippen molar-refractivity contribution in [3.8, 4) is 0 Å². The Kier molecular flexibility index (Phi) is 4.75. The van der Waals surface area contributed by atoms with E-state index < -0.39 is 5.60 Å². The minimum absolute atomic E-state index is 0.0486. The molecular formula is C19H28O2. The molecule has 0 aromatic heterocycles. The third-order valence-electron chi connectivity index (χ3n) is 4.31. The van der Waals surface area contributed by atoms with Crippen molar-refractivity contribution in [3.05, 3.63) is 35.9 Å². The molecule has 1 saturated carbocycles. The summed E-state index contributed by atoms with van der Waals surface area (Å²) in [5.74, 6) is 0.656. The second kappa shape index (κ2) is 6.21. The zero-order valence-electron chi connectivity index (χ0n) is 13.8. The van der Waals surface area contributed by atoms with Crippen LogP contribution in [0.15, 0.2) is 30.3 Å². The van der Waals surface area contributed by atoms with Crippen molar-refractivity contribution < 1.29 is 9.53 Å². The number of ether oxygens (including phenoxy) is 1. The van der Waals surface area contributed by atoms with E-state index in [1.807, 2.05) is 26.8 Å². The summed E-state index contributed by atoms with van der Waals surface area (Å²) in [5, 5.41) is 0. The highest BCUT2D eigenvalue weighted by molar-refractivity contribution is 5.71. The lowest BCUT2D eigenvalue weighted by molar-refractivity contribution is -0.157. The SMILES string of the molecule is C[C@@H]1CCC(CC(=O)OC(C)(C)C)(Cc2ccccc2)C1. The van der Waals surface area contributed by atoms with Crippen LogP contribution in [-0.2, 0) is 16.0 Å². The van der Waals surface area contributed by atoms with Crippen LogP contribution in [0.5, 0.6) is 0 Å². The number of hydrogen-bond donors (Lipinski definition) is 0. The maximum Gasteiger partial charge on any atom is 0.306 e. The van der Waals surface area contributed by atoms with E-state index >= 15 is 0 Å².